The Morgan fingerprint density at radius 2 is 2.00 bits per heavy atom. The zero-order valence-electron chi connectivity index (χ0n) is 15.8. The van der Waals surface area contributed by atoms with Crippen LogP contribution in [0.15, 0.2) is 36.4 Å². The standard InChI is InChI=1S/C22H25Cl2O2.Y/c1-14-5-3-8-22(15(14)2)26-13-19-18(21(25)12-20(19)24)10-9-16-6-4-7-17(23)11-16;/h3-6,8,11,18-21,25H,9-10,12-13H2,1-2H3;/q-1;/t18-,19-,20?,21?;/m1./s1. The van der Waals surface area contributed by atoms with Crippen LogP contribution in [0.3, 0.4) is 0 Å². The minimum atomic E-state index is -0.379. The van der Waals surface area contributed by atoms with Gasteiger partial charge in [-0.15, -0.1) is 29.3 Å². The summed E-state index contributed by atoms with van der Waals surface area (Å²) in [6, 6.07) is 14.8. The predicted molar refractivity (Wildman–Crippen MR) is 107 cm³/mol. The van der Waals surface area contributed by atoms with Crippen LogP contribution in [0.4, 0.5) is 0 Å². The molecule has 143 valence electrons. The Labute approximate surface area is 197 Å². The predicted octanol–water partition coefficient (Wildman–Crippen LogP) is 5.37. The maximum absolute atomic E-state index is 10.5. The molecule has 2 unspecified atom stereocenters. The number of aliphatic hydroxyl groups is 1. The van der Waals surface area contributed by atoms with Gasteiger partial charge in [0.15, 0.2) is 0 Å². The van der Waals surface area contributed by atoms with Gasteiger partial charge in [0.1, 0.15) is 5.75 Å². The van der Waals surface area contributed by atoms with Gasteiger partial charge in [-0.1, -0.05) is 23.6 Å². The molecule has 27 heavy (non-hydrogen) atoms. The van der Waals surface area contributed by atoms with E-state index in [0.29, 0.717) is 18.1 Å². The second-order valence-electron chi connectivity index (χ2n) is 7.24. The molecule has 0 aliphatic heterocycles. The number of alkyl halides is 1. The Morgan fingerprint density at radius 3 is 2.74 bits per heavy atom. The summed E-state index contributed by atoms with van der Waals surface area (Å²) in [5.74, 6) is 1.17. The smallest absolute Gasteiger partial charge is 0.122 e. The molecular formula is C22H25Cl2O2Y-. The molecule has 0 amide bonds. The van der Waals surface area contributed by atoms with Crippen LogP contribution < -0.4 is 4.74 Å². The van der Waals surface area contributed by atoms with Gasteiger partial charge >= 0.3 is 0 Å². The van der Waals surface area contributed by atoms with E-state index in [9.17, 15) is 5.11 Å². The third-order valence-corrected chi connectivity index (χ3v) is 6.28. The first-order valence-corrected chi connectivity index (χ1v) is 9.94. The van der Waals surface area contributed by atoms with E-state index in [1.807, 2.05) is 30.3 Å². The molecule has 0 heterocycles. The van der Waals surface area contributed by atoms with Crippen molar-refractivity contribution in [3.05, 3.63) is 64.2 Å². The Bertz CT molecular complexity index is 753. The number of aryl methyl sites for hydroxylation is 2. The second kappa shape index (κ2) is 10.6. The molecule has 0 aromatic heterocycles. The summed E-state index contributed by atoms with van der Waals surface area (Å²) < 4.78 is 6.10. The van der Waals surface area contributed by atoms with Gasteiger partial charge in [0, 0.05) is 44.0 Å². The van der Waals surface area contributed by atoms with Gasteiger partial charge in [-0.3, -0.25) is 0 Å². The summed E-state index contributed by atoms with van der Waals surface area (Å²) in [6.45, 7) is 4.68. The zero-order chi connectivity index (χ0) is 18.7. The second-order valence-corrected chi connectivity index (χ2v) is 8.21. The van der Waals surface area contributed by atoms with Gasteiger partial charge in [0.2, 0.25) is 0 Å². The molecule has 0 bridgehead atoms. The van der Waals surface area contributed by atoms with Crippen LogP contribution in [-0.2, 0) is 39.1 Å². The number of halogens is 2. The van der Waals surface area contributed by atoms with Crippen molar-refractivity contribution >= 4 is 23.2 Å². The van der Waals surface area contributed by atoms with E-state index in [2.05, 4.69) is 26.0 Å². The summed E-state index contributed by atoms with van der Waals surface area (Å²) in [6.07, 6.45) is 1.97. The van der Waals surface area contributed by atoms with Crippen LogP contribution >= 0.6 is 23.2 Å². The number of ether oxygens (including phenoxy) is 1. The molecule has 5 heteroatoms. The van der Waals surface area contributed by atoms with Crippen LogP contribution in [-0.4, -0.2) is 23.2 Å². The molecule has 1 fully saturated rings. The maximum atomic E-state index is 10.5. The molecular weight excluding hydrogens is 456 g/mol. The quantitative estimate of drug-likeness (QED) is 0.444. The summed E-state index contributed by atoms with van der Waals surface area (Å²) in [5, 5.41) is 11.0. The fraction of sp³-hybridized carbons (Fsp3) is 0.455. The molecule has 2 nitrogen and oxygen atoms in total. The fourth-order valence-electron chi connectivity index (χ4n) is 3.80. The third-order valence-electron chi connectivity index (χ3n) is 5.56. The van der Waals surface area contributed by atoms with Crippen LogP contribution in [0, 0.1) is 31.7 Å². The first kappa shape index (κ1) is 23.2. The fourth-order valence-corrected chi connectivity index (χ4v) is 4.45. The molecule has 4 atom stereocenters. The Balaban J connectivity index is 0.00000261. The molecule has 1 aliphatic rings. The molecule has 2 aromatic rings. The first-order valence-electron chi connectivity index (χ1n) is 9.13. The van der Waals surface area contributed by atoms with Gasteiger partial charge in [-0.05, 0) is 49.8 Å². The van der Waals surface area contributed by atoms with Gasteiger partial charge in [-0.2, -0.15) is 23.8 Å². The topological polar surface area (TPSA) is 29.5 Å². The van der Waals surface area contributed by atoms with Crippen LogP contribution in [0.2, 0.25) is 5.02 Å². The number of hydrogen-bond acceptors (Lipinski definition) is 2. The average molecular weight is 481 g/mol. The Kier molecular flexibility index (Phi) is 9.10. The van der Waals surface area contributed by atoms with Crippen molar-refractivity contribution in [3.8, 4) is 5.75 Å². The van der Waals surface area contributed by atoms with Crippen LogP contribution in [0.25, 0.3) is 0 Å². The molecule has 1 N–H and O–H groups in total. The normalized spacial score (nSPS) is 24.5. The van der Waals surface area contributed by atoms with Crippen molar-refractivity contribution in [1.82, 2.24) is 0 Å². The largest absolute Gasteiger partial charge is 0.493 e. The van der Waals surface area contributed by atoms with Crippen molar-refractivity contribution in [1.29, 1.82) is 0 Å². The molecule has 0 saturated heterocycles. The van der Waals surface area contributed by atoms with Crippen molar-refractivity contribution in [2.24, 2.45) is 11.8 Å². The van der Waals surface area contributed by atoms with Gasteiger partial charge in [-0.25, -0.2) is 0 Å². The molecule has 1 aliphatic carbocycles. The number of hydrogen-bond donors (Lipinski definition) is 1. The van der Waals surface area contributed by atoms with Crippen molar-refractivity contribution in [2.45, 2.75) is 44.6 Å². The van der Waals surface area contributed by atoms with Gasteiger partial charge in [0.25, 0.3) is 0 Å². The Hall–Kier alpha value is -0.116. The van der Waals surface area contributed by atoms with Crippen LogP contribution in [0.5, 0.6) is 5.75 Å². The summed E-state index contributed by atoms with van der Waals surface area (Å²) in [5.41, 5.74) is 3.53. The van der Waals surface area contributed by atoms with Crippen molar-refractivity contribution < 1.29 is 42.6 Å². The summed E-state index contributed by atoms with van der Waals surface area (Å²) in [7, 11) is 0. The number of benzene rings is 2. The summed E-state index contributed by atoms with van der Waals surface area (Å²) >= 11 is 12.6. The van der Waals surface area contributed by atoms with Crippen LogP contribution in [0.1, 0.15) is 29.5 Å². The van der Waals surface area contributed by atoms with Gasteiger partial charge < -0.3 is 9.84 Å². The molecule has 1 radical (unpaired) electrons. The minimum Gasteiger partial charge on any atom is -0.493 e. The Morgan fingerprint density at radius 1 is 1.22 bits per heavy atom. The molecule has 3 rings (SSSR count). The summed E-state index contributed by atoms with van der Waals surface area (Å²) in [4.78, 5) is 0. The number of aliphatic hydroxyl groups excluding tert-OH is 1. The monoisotopic (exact) mass is 480 g/mol. The maximum Gasteiger partial charge on any atom is 0.122 e. The molecule has 2 aromatic carbocycles. The third kappa shape index (κ3) is 5.93. The van der Waals surface area contributed by atoms with E-state index in [4.69, 9.17) is 27.9 Å². The van der Waals surface area contributed by atoms with E-state index in [0.717, 1.165) is 29.7 Å². The minimum absolute atomic E-state index is 0. The molecule has 1 saturated carbocycles. The average Bonchev–Trinajstić information content (AvgIpc) is 2.87. The van der Waals surface area contributed by atoms with Gasteiger partial charge in [0.05, 0.1) is 12.7 Å². The van der Waals surface area contributed by atoms with E-state index < -0.39 is 0 Å². The first-order chi connectivity index (χ1) is 12.5. The van der Waals surface area contributed by atoms with E-state index in [-0.39, 0.29) is 56.0 Å². The SMILES string of the molecule is Cc1cccc(OC[C@H]2C(Cl)CC(O)[C@@H]2CCc2cc[c-]c(Cl)c2)c1C.[Y]. The van der Waals surface area contributed by atoms with E-state index in [1.165, 1.54) is 5.56 Å². The van der Waals surface area contributed by atoms with Crippen molar-refractivity contribution in [3.63, 3.8) is 0 Å². The van der Waals surface area contributed by atoms with Crippen molar-refractivity contribution in [2.75, 3.05) is 6.61 Å². The molecule has 0 spiro atoms. The van der Waals surface area contributed by atoms with E-state index >= 15 is 0 Å². The van der Waals surface area contributed by atoms with E-state index in [1.54, 1.807) is 0 Å². The zero-order valence-corrected chi connectivity index (χ0v) is 20.1. The number of rotatable bonds is 6.